The molecule has 0 bridgehead atoms. The van der Waals surface area contributed by atoms with Crippen molar-refractivity contribution < 1.29 is 23.9 Å². The Morgan fingerprint density at radius 3 is 2.70 bits per heavy atom. The number of rotatable bonds is 5. The summed E-state index contributed by atoms with van der Waals surface area (Å²) in [7, 11) is 1.29. The summed E-state index contributed by atoms with van der Waals surface area (Å²) in [5.74, 6) is -0.184. The fourth-order valence-corrected chi connectivity index (χ4v) is 3.44. The number of amides is 2. The van der Waals surface area contributed by atoms with Gasteiger partial charge in [-0.3, -0.25) is 14.5 Å². The molecule has 1 heterocycles. The van der Waals surface area contributed by atoms with Crippen LogP contribution in [-0.4, -0.2) is 42.3 Å². The number of nitrogens with zero attached hydrogens (tertiary/aromatic N) is 1. The average molecular weight is 447 g/mol. The van der Waals surface area contributed by atoms with Gasteiger partial charge in [0.1, 0.15) is 5.75 Å². The summed E-state index contributed by atoms with van der Waals surface area (Å²) in [6.45, 7) is 1.96. The number of benzene rings is 1. The quantitative estimate of drug-likeness (QED) is 0.393. The smallest absolute Gasteiger partial charge is 0.343 e. The van der Waals surface area contributed by atoms with Gasteiger partial charge in [-0.25, -0.2) is 4.79 Å². The van der Waals surface area contributed by atoms with Crippen molar-refractivity contribution in [2.24, 2.45) is 0 Å². The normalized spacial score (nSPS) is 16.1. The van der Waals surface area contributed by atoms with Crippen molar-refractivity contribution >= 4 is 57.5 Å². The monoisotopic (exact) mass is 447 g/mol. The van der Waals surface area contributed by atoms with Crippen LogP contribution in [0.4, 0.5) is 4.79 Å². The summed E-state index contributed by atoms with van der Waals surface area (Å²) >= 11 is 3.01. The number of methoxy groups -OCH3 is 1. The van der Waals surface area contributed by atoms with E-state index in [1.807, 2.05) is 6.07 Å². The van der Waals surface area contributed by atoms with Crippen LogP contribution in [0, 0.1) is 3.57 Å². The summed E-state index contributed by atoms with van der Waals surface area (Å²) in [5.41, 5.74) is 0.779. The van der Waals surface area contributed by atoms with Gasteiger partial charge >= 0.3 is 5.97 Å². The lowest BCUT2D eigenvalue weighted by Gasteiger charge is -2.08. The molecule has 0 aromatic heterocycles. The minimum absolute atomic E-state index is 0.165. The number of esters is 1. The number of thioether (sulfide) groups is 1. The van der Waals surface area contributed by atoms with Gasteiger partial charge in [-0.05, 0) is 65.0 Å². The molecular formula is C15H14INO5S. The molecule has 0 spiro atoms. The Morgan fingerprint density at radius 2 is 2.13 bits per heavy atom. The fraction of sp³-hybridized carbons (Fsp3) is 0.267. The fourth-order valence-electron chi connectivity index (χ4n) is 1.84. The summed E-state index contributed by atoms with van der Waals surface area (Å²) in [5, 5.41) is -0.253. The van der Waals surface area contributed by atoms with E-state index < -0.39 is 5.97 Å². The van der Waals surface area contributed by atoms with E-state index in [0.29, 0.717) is 17.2 Å². The van der Waals surface area contributed by atoms with Gasteiger partial charge in [-0.15, -0.1) is 0 Å². The van der Waals surface area contributed by atoms with Crippen molar-refractivity contribution in [1.82, 2.24) is 4.90 Å². The highest BCUT2D eigenvalue weighted by atomic mass is 127. The predicted octanol–water partition coefficient (Wildman–Crippen LogP) is 2.90. The summed E-state index contributed by atoms with van der Waals surface area (Å²) < 4.78 is 10.7. The van der Waals surface area contributed by atoms with Crippen LogP contribution in [-0.2, 0) is 14.3 Å². The molecule has 1 aliphatic heterocycles. The van der Waals surface area contributed by atoms with Crippen LogP contribution < -0.4 is 4.74 Å². The maximum atomic E-state index is 12.1. The molecule has 23 heavy (non-hydrogen) atoms. The van der Waals surface area contributed by atoms with E-state index in [2.05, 4.69) is 27.3 Å². The molecule has 0 saturated carbocycles. The maximum Gasteiger partial charge on any atom is 0.343 e. The Hall–Kier alpha value is -1.55. The van der Waals surface area contributed by atoms with Gasteiger partial charge in [0.2, 0.25) is 0 Å². The molecule has 6 nitrogen and oxygen atoms in total. The van der Waals surface area contributed by atoms with E-state index in [0.717, 1.165) is 20.9 Å². The first-order valence-electron chi connectivity index (χ1n) is 6.70. The molecule has 1 aliphatic rings. The molecule has 0 radical (unpaired) electrons. The van der Waals surface area contributed by atoms with E-state index in [1.165, 1.54) is 12.0 Å². The minimum Gasteiger partial charge on any atom is -0.481 e. The Bertz CT molecular complexity index is 688. The maximum absolute atomic E-state index is 12.1. The number of ether oxygens (including phenoxy) is 2. The third-order valence-electron chi connectivity index (χ3n) is 3.02. The topological polar surface area (TPSA) is 72.9 Å². The van der Waals surface area contributed by atoms with Crippen LogP contribution in [0.15, 0.2) is 23.1 Å². The molecule has 2 amide bonds. The third-order valence-corrected chi connectivity index (χ3v) is 4.77. The lowest BCUT2D eigenvalue weighted by Crippen LogP contribution is -2.27. The highest BCUT2D eigenvalue weighted by molar-refractivity contribution is 14.1. The van der Waals surface area contributed by atoms with Crippen LogP contribution in [0.3, 0.4) is 0 Å². The van der Waals surface area contributed by atoms with Crippen molar-refractivity contribution in [3.63, 3.8) is 0 Å². The SMILES string of the molecule is CCN1C(=O)S/C(=C/c2ccc(OCC(=O)OC)c(I)c2)C1=O. The second-order valence-corrected chi connectivity index (χ2v) is 6.64. The number of carbonyl (C=O) groups is 3. The Morgan fingerprint density at radius 1 is 1.39 bits per heavy atom. The van der Waals surface area contributed by atoms with E-state index in [-0.39, 0.29) is 17.8 Å². The molecule has 0 atom stereocenters. The third kappa shape index (κ3) is 4.25. The Balaban J connectivity index is 2.15. The van der Waals surface area contributed by atoms with E-state index in [1.54, 1.807) is 25.1 Å². The molecule has 0 unspecified atom stereocenters. The van der Waals surface area contributed by atoms with E-state index in [9.17, 15) is 14.4 Å². The van der Waals surface area contributed by atoms with E-state index in [4.69, 9.17) is 4.74 Å². The van der Waals surface area contributed by atoms with Crippen molar-refractivity contribution in [2.75, 3.05) is 20.3 Å². The summed E-state index contributed by atoms with van der Waals surface area (Å²) in [4.78, 5) is 36.4. The van der Waals surface area contributed by atoms with Gasteiger partial charge in [-0.1, -0.05) is 6.07 Å². The van der Waals surface area contributed by atoms with Gasteiger partial charge < -0.3 is 9.47 Å². The van der Waals surface area contributed by atoms with Gasteiger partial charge in [0.25, 0.3) is 11.1 Å². The highest BCUT2D eigenvalue weighted by Crippen LogP contribution is 2.32. The Labute approximate surface area is 151 Å². The molecule has 2 rings (SSSR count). The highest BCUT2D eigenvalue weighted by Gasteiger charge is 2.33. The number of hydrogen-bond donors (Lipinski definition) is 0. The first-order valence-corrected chi connectivity index (χ1v) is 8.60. The van der Waals surface area contributed by atoms with Gasteiger partial charge in [-0.2, -0.15) is 0 Å². The molecule has 1 fully saturated rings. The zero-order valence-electron chi connectivity index (χ0n) is 12.5. The summed E-state index contributed by atoms with van der Waals surface area (Å²) in [6, 6.07) is 5.28. The molecule has 0 aliphatic carbocycles. The molecule has 122 valence electrons. The molecule has 1 saturated heterocycles. The molecule has 1 aromatic rings. The predicted molar refractivity (Wildman–Crippen MR) is 95.0 cm³/mol. The first-order chi connectivity index (χ1) is 11.0. The van der Waals surface area contributed by atoms with Gasteiger partial charge in [0.15, 0.2) is 6.61 Å². The number of likely N-dealkylation sites (N-methyl/N-ethyl adjacent to an activating group) is 1. The van der Waals surface area contributed by atoms with Crippen LogP contribution >= 0.6 is 34.4 Å². The van der Waals surface area contributed by atoms with E-state index >= 15 is 0 Å². The van der Waals surface area contributed by atoms with Crippen LogP contribution in [0.25, 0.3) is 6.08 Å². The van der Waals surface area contributed by atoms with Gasteiger partial charge in [0, 0.05) is 6.54 Å². The second-order valence-electron chi connectivity index (χ2n) is 4.48. The molecule has 1 aromatic carbocycles. The molecule has 8 heteroatoms. The second kappa shape index (κ2) is 7.82. The zero-order chi connectivity index (χ0) is 17.0. The standard InChI is InChI=1S/C15H14INO5S/c1-3-17-14(19)12(23-15(17)20)7-9-4-5-11(10(16)6-9)22-8-13(18)21-2/h4-7H,3,8H2,1-2H3/b12-7+. The lowest BCUT2D eigenvalue weighted by molar-refractivity contribution is -0.142. The number of hydrogen-bond acceptors (Lipinski definition) is 6. The number of imide groups is 1. The lowest BCUT2D eigenvalue weighted by atomic mass is 10.2. The molecular weight excluding hydrogens is 433 g/mol. The first kappa shape index (κ1) is 17.8. The van der Waals surface area contributed by atoms with Crippen molar-refractivity contribution in [2.45, 2.75) is 6.92 Å². The average Bonchev–Trinajstić information content (AvgIpc) is 2.79. The van der Waals surface area contributed by atoms with Crippen molar-refractivity contribution in [3.8, 4) is 5.75 Å². The Kier molecular flexibility index (Phi) is 6.05. The van der Waals surface area contributed by atoms with Crippen molar-refractivity contribution in [1.29, 1.82) is 0 Å². The number of halogens is 1. The summed E-state index contributed by atoms with van der Waals surface area (Å²) in [6.07, 6.45) is 1.67. The largest absolute Gasteiger partial charge is 0.481 e. The van der Waals surface area contributed by atoms with Gasteiger partial charge in [0.05, 0.1) is 15.6 Å². The molecule has 0 N–H and O–H groups in total. The minimum atomic E-state index is -0.460. The zero-order valence-corrected chi connectivity index (χ0v) is 15.5. The number of carbonyl (C=O) groups excluding carboxylic acids is 3. The van der Waals surface area contributed by atoms with Crippen LogP contribution in [0.5, 0.6) is 5.75 Å². The van der Waals surface area contributed by atoms with Crippen molar-refractivity contribution in [3.05, 3.63) is 32.2 Å². The van der Waals surface area contributed by atoms with Crippen LogP contribution in [0.2, 0.25) is 0 Å². The van der Waals surface area contributed by atoms with Crippen LogP contribution in [0.1, 0.15) is 12.5 Å².